The molecule has 1 heterocycles. The van der Waals surface area contributed by atoms with Gasteiger partial charge < -0.3 is 16.0 Å². The second kappa shape index (κ2) is 10.9. The van der Waals surface area contributed by atoms with E-state index >= 15 is 0 Å². The topological polar surface area (TPSA) is 58.4 Å². The Morgan fingerprint density at radius 3 is 2.36 bits per heavy atom. The molecule has 0 bridgehead atoms. The lowest BCUT2D eigenvalue weighted by Gasteiger charge is -2.30. The van der Waals surface area contributed by atoms with E-state index in [1.54, 1.807) is 0 Å². The summed E-state index contributed by atoms with van der Waals surface area (Å²) in [5, 5.41) is 3.17. The van der Waals surface area contributed by atoms with Crippen molar-refractivity contribution in [1.82, 2.24) is 5.32 Å². The molecular weight excluding hydrogens is 357 g/mol. The molecular formula is C19H33Cl2N3O. The molecule has 25 heavy (non-hydrogen) atoms. The maximum Gasteiger partial charge on any atom is 0.227 e. The van der Waals surface area contributed by atoms with Gasteiger partial charge in [-0.25, -0.2) is 0 Å². The minimum atomic E-state index is -0.444. The molecule has 1 atom stereocenters. The predicted octanol–water partition coefficient (Wildman–Crippen LogP) is 4.07. The van der Waals surface area contributed by atoms with Crippen molar-refractivity contribution in [3.05, 3.63) is 29.8 Å². The molecule has 1 aromatic carbocycles. The van der Waals surface area contributed by atoms with Gasteiger partial charge in [-0.15, -0.1) is 24.8 Å². The fourth-order valence-corrected chi connectivity index (χ4v) is 3.35. The van der Waals surface area contributed by atoms with Crippen LogP contribution < -0.4 is 16.0 Å². The van der Waals surface area contributed by atoms with Crippen molar-refractivity contribution in [3.8, 4) is 0 Å². The van der Waals surface area contributed by atoms with E-state index in [4.69, 9.17) is 5.73 Å². The highest BCUT2D eigenvalue weighted by Gasteiger charge is 2.34. The summed E-state index contributed by atoms with van der Waals surface area (Å²) in [6.07, 6.45) is 4.07. The number of rotatable bonds is 7. The zero-order valence-corrected chi connectivity index (χ0v) is 17.2. The number of nitrogens with one attached hydrogen (secondary N) is 1. The smallest absolute Gasteiger partial charge is 0.227 e. The number of nitrogens with two attached hydrogens (primary N) is 1. The number of carbonyl (C=O) groups is 1. The zero-order chi connectivity index (χ0) is 16.9. The Labute approximate surface area is 164 Å². The van der Waals surface area contributed by atoms with Crippen LogP contribution >= 0.6 is 24.8 Å². The Bertz CT molecular complexity index is 521. The van der Waals surface area contributed by atoms with E-state index < -0.39 is 5.41 Å². The Hall–Kier alpha value is -0.970. The van der Waals surface area contributed by atoms with Crippen LogP contribution in [0.4, 0.5) is 5.69 Å². The van der Waals surface area contributed by atoms with Gasteiger partial charge >= 0.3 is 0 Å². The van der Waals surface area contributed by atoms with Gasteiger partial charge in [-0.3, -0.25) is 4.79 Å². The second-order valence-corrected chi connectivity index (χ2v) is 6.68. The summed E-state index contributed by atoms with van der Waals surface area (Å²) in [5.41, 5.74) is 7.85. The first-order valence-electron chi connectivity index (χ1n) is 8.92. The molecule has 0 radical (unpaired) electrons. The molecule has 2 rings (SSSR count). The van der Waals surface area contributed by atoms with Gasteiger partial charge in [0.05, 0.1) is 11.5 Å². The maximum atomic E-state index is 12.7. The van der Waals surface area contributed by atoms with E-state index in [-0.39, 0.29) is 36.8 Å². The molecule has 0 aromatic heterocycles. The lowest BCUT2D eigenvalue weighted by atomic mass is 9.81. The van der Waals surface area contributed by atoms with E-state index in [2.05, 4.69) is 34.5 Å². The number of nitrogens with zero attached hydrogens (tertiary/aromatic N) is 1. The van der Waals surface area contributed by atoms with Crippen molar-refractivity contribution >= 4 is 36.4 Å². The quantitative estimate of drug-likeness (QED) is 0.738. The Morgan fingerprint density at radius 2 is 1.84 bits per heavy atom. The molecule has 0 saturated carbocycles. The highest BCUT2D eigenvalue weighted by atomic mass is 35.5. The standard InChI is InChI=1S/C19H31N3O.2ClH/c1-4-19(5-2,14-20)18(23)21-15(3)16-9-8-10-17(13-16)22-11-6-7-12-22;;/h8-10,13,15H,4-7,11-12,14,20H2,1-3H3,(H,21,23);2*1H. The Morgan fingerprint density at radius 1 is 1.24 bits per heavy atom. The number of hydrogen-bond donors (Lipinski definition) is 2. The molecule has 1 saturated heterocycles. The van der Waals surface area contributed by atoms with Crippen LogP contribution in [0, 0.1) is 5.41 Å². The predicted molar refractivity (Wildman–Crippen MR) is 111 cm³/mol. The largest absolute Gasteiger partial charge is 0.372 e. The maximum absolute atomic E-state index is 12.7. The average molecular weight is 390 g/mol. The number of amides is 1. The van der Waals surface area contributed by atoms with Crippen molar-refractivity contribution in [2.45, 2.75) is 52.5 Å². The SMILES string of the molecule is CCC(CC)(CN)C(=O)NC(C)c1cccc(N2CCCC2)c1.Cl.Cl. The van der Waals surface area contributed by atoms with Gasteiger partial charge in [-0.2, -0.15) is 0 Å². The van der Waals surface area contributed by atoms with Crippen molar-refractivity contribution in [3.63, 3.8) is 0 Å². The summed E-state index contributed by atoms with van der Waals surface area (Å²) >= 11 is 0. The van der Waals surface area contributed by atoms with Crippen molar-refractivity contribution in [2.75, 3.05) is 24.5 Å². The summed E-state index contributed by atoms with van der Waals surface area (Å²) < 4.78 is 0. The third-order valence-electron chi connectivity index (χ3n) is 5.41. The minimum Gasteiger partial charge on any atom is -0.372 e. The van der Waals surface area contributed by atoms with Gasteiger partial charge in [0.2, 0.25) is 5.91 Å². The van der Waals surface area contributed by atoms with Gasteiger partial charge in [-0.05, 0) is 50.3 Å². The number of anilines is 1. The summed E-state index contributed by atoms with van der Waals surface area (Å²) in [5.74, 6) is 0.0732. The summed E-state index contributed by atoms with van der Waals surface area (Å²) in [6.45, 7) is 8.78. The Kier molecular flexibility index (Phi) is 10.5. The molecule has 0 aliphatic carbocycles. The van der Waals surface area contributed by atoms with Crippen LogP contribution in [-0.2, 0) is 4.79 Å². The average Bonchev–Trinajstić information content (AvgIpc) is 3.11. The molecule has 3 N–H and O–H groups in total. The lowest BCUT2D eigenvalue weighted by molar-refractivity contribution is -0.131. The van der Waals surface area contributed by atoms with Crippen LogP contribution in [0.1, 0.15) is 58.1 Å². The van der Waals surface area contributed by atoms with Crippen LogP contribution in [0.25, 0.3) is 0 Å². The van der Waals surface area contributed by atoms with Crippen LogP contribution in [-0.4, -0.2) is 25.5 Å². The number of halogens is 2. The lowest BCUT2D eigenvalue weighted by Crippen LogP contribution is -2.46. The van der Waals surface area contributed by atoms with E-state index in [1.807, 2.05) is 20.8 Å². The fraction of sp³-hybridized carbons (Fsp3) is 0.632. The first-order valence-corrected chi connectivity index (χ1v) is 8.92. The molecule has 1 fully saturated rings. The molecule has 1 amide bonds. The van der Waals surface area contributed by atoms with E-state index in [0.29, 0.717) is 6.54 Å². The van der Waals surface area contributed by atoms with Gasteiger partial charge in [0.1, 0.15) is 0 Å². The Balaban J connectivity index is 0.00000288. The fourth-order valence-electron chi connectivity index (χ4n) is 3.35. The molecule has 1 unspecified atom stereocenters. The number of carbonyl (C=O) groups excluding carboxylic acids is 1. The van der Waals surface area contributed by atoms with Crippen LogP contribution in [0.15, 0.2) is 24.3 Å². The summed E-state index contributed by atoms with van der Waals surface area (Å²) in [6, 6.07) is 8.53. The third kappa shape index (κ3) is 5.50. The van der Waals surface area contributed by atoms with Crippen LogP contribution in [0.3, 0.4) is 0 Å². The highest BCUT2D eigenvalue weighted by molar-refractivity contribution is 5.85. The number of benzene rings is 1. The summed E-state index contributed by atoms with van der Waals surface area (Å²) in [4.78, 5) is 15.1. The van der Waals surface area contributed by atoms with Gasteiger partial charge in [-0.1, -0.05) is 26.0 Å². The first kappa shape index (κ1) is 24.0. The third-order valence-corrected chi connectivity index (χ3v) is 5.41. The minimum absolute atomic E-state index is 0. The molecule has 1 aliphatic heterocycles. The molecule has 144 valence electrons. The monoisotopic (exact) mass is 389 g/mol. The van der Waals surface area contributed by atoms with E-state index in [9.17, 15) is 4.79 Å². The number of hydrogen-bond acceptors (Lipinski definition) is 3. The van der Waals surface area contributed by atoms with Gasteiger partial charge in [0.25, 0.3) is 0 Å². The summed E-state index contributed by atoms with van der Waals surface area (Å²) in [7, 11) is 0. The van der Waals surface area contributed by atoms with Gasteiger partial charge in [0, 0.05) is 25.3 Å². The van der Waals surface area contributed by atoms with Gasteiger partial charge in [0.15, 0.2) is 0 Å². The first-order chi connectivity index (χ1) is 11.1. The molecule has 0 spiro atoms. The normalized spacial score (nSPS) is 15.1. The zero-order valence-electron chi connectivity index (χ0n) is 15.6. The molecule has 4 nitrogen and oxygen atoms in total. The van der Waals surface area contributed by atoms with E-state index in [1.165, 1.54) is 18.5 Å². The van der Waals surface area contributed by atoms with Crippen LogP contribution in [0.5, 0.6) is 0 Å². The molecule has 1 aliphatic rings. The highest BCUT2D eigenvalue weighted by Crippen LogP contribution is 2.28. The van der Waals surface area contributed by atoms with Crippen molar-refractivity contribution < 1.29 is 4.79 Å². The second-order valence-electron chi connectivity index (χ2n) is 6.68. The molecule has 6 heteroatoms. The molecule has 1 aromatic rings. The van der Waals surface area contributed by atoms with Crippen LogP contribution in [0.2, 0.25) is 0 Å². The van der Waals surface area contributed by atoms with Crippen molar-refractivity contribution in [2.24, 2.45) is 11.1 Å². The van der Waals surface area contributed by atoms with E-state index in [0.717, 1.165) is 31.5 Å². The van der Waals surface area contributed by atoms with Crippen molar-refractivity contribution in [1.29, 1.82) is 0 Å².